The minimum Gasteiger partial charge on any atom is -0.480 e. The van der Waals surface area contributed by atoms with Crippen molar-refractivity contribution in [2.24, 2.45) is 0 Å². The van der Waals surface area contributed by atoms with Gasteiger partial charge in [0, 0.05) is 35.2 Å². The Morgan fingerprint density at radius 2 is 1.67 bits per heavy atom. The molecule has 1 N–H and O–H groups in total. The molecule has 3 rings (SSSR count). The predicted octanol–water partition coefficient (Wildman–Crippen LogP) is 6.43. The maximum atomic E-state index is 13.7. The number of amides is 1. The zero-order valence-electron chi connectivity index (χ0n) is 23.1. The molecule has 0 fully saturated rings. The summed E-state index contributed by atoms with van der Waals surface area (Å²) in [6.07, 6.45) is 6.36. The highest BCUT2D eigenvalue weighted by Gasteiger charge is 2.20. The predicted molar refractivity (Wildman–Crippen MR) is 158 cm³/mol. The third-order valence-electron chi connectivity index (χ3n) is 6.63. The van der Waals surface area contributed by atoms with E-state index in [2.05, 4.69) is 6.92 Å². The summed E-state index contributed by atoms with van der Waals surface area (Å²) in [7, 11) is 0. The van der Waals surface area contributed by atoms with Crippen LogP contribution in [0.3, 0.4) is 0 Å². The highest BCUT2D eigenvalue weighted by Crippen LogP contribution is 2.28. The van der Waals surface area contributed by atoms with Gasteiger partial charge in [0.15, 0.2) is 0 Å². The van der Waals surface area contributed by atoms with Gasteiger partial charge in [-0.3, -0.25) is 19.0 Å². The van der Waals surface area contributed by atoms with Gasteiger partial charge < -0.3 is 10.0 Å². The smallest absolute Gasteiger partial charge is 0.316 e. The van der Waals surface area contributed by atoms with Crippen LogP contribution in [0.1, 0.15) is 65.1 Å². The second-order valence-corrected chi connectivity index (χ2v) is 10.8. The Balaban J connectivity index is 1.84. The largest absolute Gasteiger partial charge is 0.480 e. The number of thioether (sulfide) groups is 1. The van der Waals surface area contributed by atoms with E-state index in [0.717, 1.165) is 48.3 Å². The van der Waals surface area contributed by atoms with Crippen LogP contribution in [-0.4, -0.2) is 38.3 Å². The number of unbranched alkanes of at least 4 members (excludes halogenated alkanes) is 4. The Morgan fingerprint density at radius 3 is 2.28 bits per heavy atom. The number of anilines is 1. The van der Waals surface area contributed by atoms with Crippen molar-refractivity contribution >= 4 is 29.3 Å². The fourth-order valence-corrected chi connectivity index (χ4v) is 5.31. The van der Waals surface area contributed by atoms with Gasteiger partial charge in [-0.05, 0) is 37.1 Å². The summed E-state index contributed by atoms with van der Waals surface area (Å²) in [5, 5.41) is 8.87. The number of carbonyl (C=O) groups is 2. The summed E-state index contributed by atoms with van der Waals surface area (Å²) in [5.74, 6) is -0.433. The first kappa shape index (κ1) is 30.2. The highest BCUT2D eigenvalue weighted by atomic mass is 32.2. The van der Waals surface area contributed by atoms with Crippen LogP contribution in [0.15, 0.2) is 70.4 Å². The van der Waals surface area contributed by atoms with E-state index in [-0.39, 0.29) is 18.0 Å². The topological polar surface area (TPSA) is 92.5 Å². The van der Waals surface area contributed by atoms with Crippen LogP contribution in [0.25, 0.3) is 11.3 Å². The number of carboxylic acid groups (broad SMARTS) is 1. The SMILES string of the molecule is CCCCCCCN(C(=O)Cn1c(CC)nc(-c2ccccc2)cc1=O)c1ccc(SC(CC)C(=O)O)cc1. The maximum absolute atomic E-state index is 13.7. The highest BCUT2D eigenvalue weighted by molar-refractivity contribution is 8.00. The zero-order valence-corrected chi connectivity index (χ0v) is 24.0. The van der Waals surface area contributed by atoms with Crippen LogP contribution in [0.2, 0.25) is 0 Å². The van der Waals surface area contributed by atoms with Gasteiger partial charge >= 0.3 is 5.97 Å². The molecule has 7 nitrogen and oxygen atoms in total. The van der Waals surface area contributed by atoms with Crippen LogP contribution in [-0.2, 0) is 22.6 Å². The molecule has 8 heteroatoms. The zero-order chi connectivity index (χ0) is 28.2. The molecule has 0 aliphatic rings. The summed E-state index contributed by atoms with van der Waals surface area (Å²) < 4.78 is 1.47. The first-order chi connectivity index (χ1) is 18.9. The number of aromatic nitrogens is 2. The van der Waals surface area contributed by atoms with Crippen molar-refractivity contribution in [3.8, 4) is 11.3 Å². The summed E-state index contributed by atoms with van der Waals surface area (Å²) in [6, 6.07) is 18.5. The Hall–Kier alpha value is -3.39. The standard InChI is InChI=1S/C31H39N3O4S/c1-4-7-8-9-13-20-33(24-16-18-25(19-17-24)39-27(5-2)31(37)38)30(36)22-34-28(6-3)32-26(21-29(34)35)23-14-11-10-12-15-23/h10-12,14-19,21,27H,4-9,13,20,22H2,1-3H3,(H,37,38). The van der Waals surface area contributed by atoms with Crippen molar-refractivity contribution in [1.82, 2.24) is 9.55 Å². The molecule has 0 radical (unpaired) electrons. The van der Waals surface area contributed by atoms with Gasteiger partial charge in [-0.1, -0.05) is 76.8 Å². The van der Waals surface area contributed by atoms with Crippen LogP contribution < -0.4 is 10.5 Å². The lowest BCUT2D eigenvalue weighted by atomic mass is 10.1. The summed E-state index contributed by atoms with van der Waals surface area (Å²) >= 11 is 1.30. The molecule has 1 amide bonds. The van der Waals surface area contributed by atoms with E-state index in [9.17, 15) is 19.5 Å². The number of benzene rings is 2. The molecular weight excluding hydrogens is 510 g/mol. The summed E-state index contributed by atoms with van der Waals surface area (Å²) in [4.78, 5) is 45.5. The molecule has 1 unspecified atom stereocenters. The van der Waals surface area contributed by atoms with E-state index in [1.807, 2.05) is 68.4 Å². The van der Waals surface area contributed by atoms with Gasteiger partial charge in [-0.15, -0.1) is 11.8 Å². The molecule has 208 valence electrons. The third-order valence-corrected chi connectivity index (χ3v) is 7.99. The van der Waals surface area contributed by atoms with Crippen LogP contribution in [0, 0.1) is 0 Å². The number of carbonyl (C=O) groups excluding carboxylic acids is 1. The minimum atomic E-state index is -0.834. The average molecular weight is 550 g/mol. The van der Waals surface area contributed by atoms with E-state index in [1.54, 1.807) is 4.90 Å². The van der Waals surface area contributed by atoms with Gasteiger partial charge in [0.05, 0.1) is 5.69 Å². The van der Waals surface area contributed by atoms with Crippen molar-refractivity contribution in [2.75, 3.05) is 11.4 Å². The number of hydrogen-bond donors (Lipinski definition) is 1. The molecule has 1 heterocycles. The van der Waals surface area contributed by atoms with Crippen LogP contribution >= 0.6 is 11.8 Å². The first-order valence-electron chi connectivity index (χ1n) is 13.8. The Kier molecular flexibility index (Phi) is 11.8. The lowest BCUT2D eigenvalue weighted by molar-refractivity contribution is -0.136. The van der Waals surface area contributed by atoms with Crippen molar-refractivity contribution in [3.05, 3.63) is 76.8 Å². The van der Waals surface area contributed by atoms with Crippen LogP contribution in [0.5, 0.6) is 0 Å². The molecular formula is C31H39N3O4S. The maximum Gasteiger partial charge on any atom is 0.316 e. The first-order valence-corrected chi connectivity index (χ1v) is 14.7. The number of carboxylic acids is 1. The van der Waals surface area contributed by atoms with Gasteiger partial charge in [-0.25, -0.2) is 4.98 Å². The number of rotatable bonds is 15. The molecule has 0 saturated carbocycles. The van der Waals surface area contributed by atoms with Crippen molar-refractivity contribution in [1.29, 1.82) is 0 Å². The van der Waals surface area contributed by atoms with E-state index >= 15 is 0 Å². The Morgan fingerprint density at radius 1 is 0.974 bits per heavy atom. The van der Waals surface area contributed by atoms with Crippen molar-refractivity contribution in [3.63, 3.8) is 0 Å². The Labute approximate surface area is 235 Å². The van der Waals surface area contributed by atoms with E-state index in [1.165, 1.54) is 22.4 Å². The second kappa shape index (κ2) is 15.3. The molecule has 0 aliphatic carbocycles. The van der Waals surface area contributed by atoms with E-state index in [4.69, 9.17) is 4.98 Å². The molecule has 0 aliphatic heterocycles. The third kappa shape index (κ3) is 8.55. The van der Waals surface area contributed by atoms with E-state index < -0.39 is 11.2 Å². The molecule has 1 aromatic heterocycles. The average Bonchev–Trinajstić information content (AvgIpc) is 2.95. The minimum absolute atomic E-state index is 0.0908. The van der Waals surface area contributed by atoms with Gasteiger partial charge in [0.2, 0.25) is 5.91 Å². The van der Waals surface area contributed by atoms with Crippen molar-refractivity contribution in [2.45, 2.75) is 82.4 Å². The number of hydrogen-bond acceptors (Lipinski definition) is 5. The summed E-state index contributed by atoms with van der Waals surface area (Å²) in [5.41, 5.74) is 1.96. The molecule has 2 aromatic carbocycles. The fourth-order valence-electron chi connectivity index (χ4n) is 4.42. The quantitative estimate of drug-likeness (QED) is 0.173. The summed E-state index contributed by atoms with van der Waals surface area (Å²) in [6.45, 7) is 6.41. The van der Waals surface area contributed by atoms with Crippen LogP contribution in [0.4, 0.5) is 5.69 Å². The molecule has 0 spiro atoms. The molecule has 0 saturated heterocycles. The molecule has 3 aromatic rings. The van der Waals surface area contributed by atoms with Gasteiger partial charge in [-0.2, -0.15) is 0 Å². The molecule has 1 atom stereocenters. The lowest BCUT2D eigenvalue weighted by Crippen LogP contribution is -2.38. The van der Waals surface area contributed by atoms with Gasteiger partial charge in [0.25, 0.3) is 5.56 Å². The molecule has 39 heavy (non-hydrogen) atoms. The fraction of sp³-hybridized carbons (Fsp3) is 0.419. The normalized spacial score (nSPS) is 11.8. The molecule has 0 bridgehead atoms. The van der Waals surface area contributed by atoms with Crippen molar-refractivity contribution < 1.29 is 14.7 Å². The Bertz CT molecular complexity index is 1280. The monoisotopic (exact) mass is 549 g/mol. The number of nitrogens with zero attached hydrogens (tertiary/aromatic N) is 3. The number of aliphatic carboxylic acids is 1. The van der Waals surface area contributed by atoms with E-state index in [0.29, 0.717) is 30.9 Å². The second-order valence-electron chi connectivity index (χ2n) is 9.51. The lowest BCUT2D eigenvalue weighted by Gasteiger charge is -2.24. The number of aryl methyl sites for hydroxylation is 1. The van der Waals surface area contributed by atoms with Gasteiger partial charge in [0.1, 0.15) is 17.6 Å².